The molecule has 2 amide bonds. The summed E-state index contributed by atoms with van der Waals surface area (Å²) in [5.74, 6) is 1.36. The quantitative estimate of drug-likeness (QED) is 0.661. The van der Waals surface area contributed by atoms with Crippen LogP contribution in [-0.4, -0.2) is 42.5 Å². The molecule has 0 aliphatic carbocycles. The highest BCUT2D eigenvalue weighted by Crippen LogP contribution is 2.23. The zero-order valence-corrected chi connectivity index (χ0v) is 16.0. The van der Waals surface area contributed by atoms with E-state index in [2.05, 4.69) is 28.5 Å². The molecule has 0 aromatic heterocycles. The molecule has 0 bridgehead atoms. The first-order chi connectivity index (χ1) is 12.1. The molecular weight excluding hydrogens is 334 g/mol. The topological polar surface area (TPSA) is 61.4 Å². The van der Waals surface area contributed by atoms with Crippen LogP contribution in [0.1, 0.15) is 39.5 Å². The second kappa shape index (κ2) is 10.3. The monoisotopic (exact) mass is 363 g/mol. The van der Waals surface area contributed by atoms with Crippen molar-refractivity contribution in [2.24, 2.45) is 0 Å². The maximum Gasteiger partial charge on any atom is 0.230 e. The van der Waals surface area contributed by atoms with Crippen LogP contribution in [0.15, 0.2) is 24.3 Å². The first-order valence-corrected chi connectivity index (χ1v) is 10.3. The zero-order valence-electron chi connectivity index (χ0n) is 15.2. The van der Waals surface area contributed by atoms with Crippen LogP contribution in [0.5, 0.6) is 0 Å². The number of rotatable bonds is 9. The molecule has 0 saturated carbocycles. The van der Waals surface area contributed by atoms with Crippen molar-refractivity contribution in [3.8, 4) is 0 Å². The first kappa shape index (κ1) is 19.6. The second-order valence-corrected chi connectivity index (χ2v) is 7.62. The molecule has 25 heavy (non-hydrogen) atoms. The van der Waals surface area contributed by atoms with Crippen LogP contribution < -0.4 is 15.5 Å². The lowest BCUT2D eigenvalue weighted by atomic mass is 10.2. The fourth-order valence-corrected chi connectivity index (χ4v) is 3.62. The molecule has 0 unspecified atom stereocenters. The van der Waals surface area contributed by atoms with Gasteiger partial charge in [-0.05, 0) is 50.1 Å². The van der Waals surface area contributed by atoms with Gasteiger partial charge in [0.15, 0.2) is 0 Å². The molecule has 6 heteroatoms. The van der Waals surface area contributed by atoms with Gasteiger partial charge in [0.1, 0.15) is 0 Å². The van der Waals surface area contributed by atoms with Gasteiger partial charge in [-0.2, -0.15) is 11.8 Å². The minimum absolute atomic E-state index is 0.00483. The van der Waals surface area contributed by atoms with Crippen LogP contribution in [0.2, 0.25) is 0 Å². The Morgan fingerprint density at radius 2 is 2.00 bits per heavy atom. The lowest BCUT2D eigenvalue weighted by Gasteiger charge is -2.19. The number of nitrogens with one attached hydrogen (secondary N) is 2. The summed E-state index contributed by atoms with van der Waals surface area (Å²) in [5, 5.41) is 5.82. The summed E-state index contributed by atoms with van der Waals surface area (Å²) < 4.78 is 0. The average molecular weight is 364 g/mol. The lowest BCUT2D eigenvalue weighted by molar-refractivity contribution is -0.119. The lowest BCUT2D eigenvalue weighted by Crippen LogP contribution is -2.36. The minimum Gasteiger partial charge on any atom is -0.371 e. The Morgan fingerprint density at radius 3 is 2.72 bits per heavy atom. The molecule has 1 aliphatic rings. The van der Waals surface area contributed by atoms with Crippen LogP contribution in [0, 0.1) is 0 Å². The molecular formula is C19H29N3O2S. The third-order valence-electron chi connectivity index (χ3n) is 4.08. The predicted octanol–water partition coefficient (Wildman–Crippen LogP) is 3.26. The SMILES string of the molecule is CCCSCC(=O)N[C@@H](C)CC(=O)Nc1cccc(N2CCCC2)c1. The maximum atomic E-state index is 12.2. The molecule has 1 atom stereocenters. The van der Waals surface area contributed by atoms with Gasteiger partial charge in [-0.3, -0.25) is 9.59 Å². The molecule has 2 rings (SSSR count). The van der Waals surface area contributed by atoms with Gasteiger partial charge in [0, 0.05) is 36.9 Å². The Bertz CT molecular complexity index is 574. The molecule has 0 spiro atoms. The van der Waals surface area contributed by atoms with Crippen LogP contribution in [-0.2, 0) is 9.59 Å². The third kappa shape index (κ3) is 6.98. The number of amides is 2. The highest BCUT2D eigenvalue weighted by Gasteiger charge is 2.14. The Kier molecular flexibility index (Phi) is 8.12. The van der Waals surface area contributed by atoms with Crippen molar-refractivity contribution in [2.45, 2.75) is 45.6 Å². The summed E-state index contributed by atoms with van der Waals surface area (Å²) in [6.45, 7) is 6.12. The first-order valence-electron chi connectivity index (χ1n) is 9.10. The molecule has 5 nitrogen and oxygen atoms in total. The molecule has 1 saturated heterocycles. The van der Waals surface area contributed by atoms with Gasteiger partial charge in [-0.15, -0.1) is 0 Å². The number of carbonyl (C=O) groups is 2. The van der Waals surface area contributed by atoms with E-state index in [-0.39, 0.29) is 24.3 Å². The molecule has 0 radical (unpaired) electrons. The normalized spacial score (nSPS) is 15.0. The van der Waals surface area contributed by atoms with Gasteiger partial charge >= 0.3 is 0 Å². The Morgan fingerprint density at radius 1 is 1.24 bits per heavy atom. The van der Waals surface area contributed by atoms with E-state index in [1.807, 2.05) is 25.1 Å². The highest BCUT2D eigenvalue weighted by molar-refractivity contribution is 7.99. The largest absolute Gasteiger partial charge is 0.371 e. The number of hydrogen-bond acceptors (Lipinski definition) is 4. The van der Waals surface area contributed by atoms with E-state index in [9.17, 15) is 9.59 Å². The maximum absolute atomic E-state index is 12.2. The third-order valence-corrected chi connectivity index (χ3v) is 5.24. The number of carbonyl (C=O) groups excluding carboxylic acids is 2. The van der Waals surface area contributed by atoms with E-state index in [4.69, 9.17) is 0 Å². The molecule has 1 aromatic carbocycles. The summed E-state index contributed by atoms with van der Waals surface area (Å²) in [7, 11) is 0. The summed E-state index contributed by atoms with van der Waals surface area (Å²) >= 11 is 1.62. The van der Waals surface area contributed by atoms with Crippen molar-refractivity contribution >= 4 is 35.0 Å². The van der Waals surface area contributed by atoms with E-state index in [0.29, 0.717) is 5.75 Å². The molecule has 1 aliphatic heterocycles. The smallest absolute Gasteiger partial charge is 0.230 e. The van der Waals surface area contributed by atoms with Crippen molar-refractivity contribution in [3.05, 3.63) is 24.3 Å². The fraction of sp³-hybridized carbons (Fsp3) is 0.579. The average Bonchev–Trinajstić information content (AvgIpc) is 3.09. The van der Waals surface area contributed by atoms with Crippen LogP contribution in [0.25, 0.3) is 0 Å². The zero-order chi connectivity index (χ0) is 18.1. The molecule has 138 valence electrons. The van der Waals surface area contributed by atoms with Crippen molar-refractivity contribution in [2.75, 3.05) is 34.8 Å². The van der Waals surface area contributed by atoms with Gasteiger partial charge in [0.05, 0.1) is 5.75 Å². The number of hydrogen-bond donors (Lipinski definition) is 2. The van der Waals surface area contributed by atoms with Crippen molar-refractivity contribution < 1.29 is 9.59 Å². The summed E-state index contributed by atoms with van der Waals surface area (Å²) in [4.78, 5) is 26.3. The van der Waals surface area contributed by atoms with Crippen LogP contribution >= 0.6 is 11.8 Å². The van der Waals surface area contributed by atoms with Gasteiger partial charge in [-0.25, -0.2) is 0 Å². The van der Waals surface area contributed by atoms with Crippen LogP contribution in [0.4, 0.5) is 11.4 Å². The van der Waals surface area contributed by atoms with Gasteiger partial charge in [0.2, 0.25) is 11.8 Å². The Labute approximate surface area is 154 Å². The van der Waals surface area contributed by atoms with Crippen molar-refractivity contribution in [1.29, 1.82) is 0 Å². The van der Waals surface area contributed by atoms with Gasteiger partial charge in [0.25, 0.3) is 0 Å². The van der Waals surface area contributed by atoms with Gasteiger partial charge < -0.3 is 15.5 Å². The number of benzene rings is 1. The summed E-state index contributed by atoms with van der Waals surface area (Å²) in [5.41, 5.74) is 1.97. The molecule has 1 heterocycles. The standard InChI is InChI=1S/C19H29N3O2S/c1-3-11-25-14-19(24)20-15(2)12-18(23)21-16-7-6-8-17(13-16)22-9-4-5-10-22/h6-8,13,15H,3-5,9-12,14H2,1-2H3,(H,20,24)(H,21,23)/t15-/m0/s1. The van der Waals surface area contributed by atoms with E-state index in [0.717, 1.165) is 36.6 Å². The van der Waals surface area contributed by atoms with E-state index in [1.165, 1.54) is 12.8 Å². The Hall–Kier alpha value is -1.69. The van der Waals surface area contributed by atoms with E-state index >= 15 is 0 Å². The minimum atomic E-state index is -0.170. The summed E-state index contributed by atoms with van der Waals surface area (Å²) in [6, 6.07) is 7.81. The molecule has 1 fully saturated rings. The van der Waals surface area contributed by atoms with E-state index in [1.54, 1.807) is 11.8 Å². The molecule has 1 aromatic rings. The number of nitrogens with zero attached hydrogens (tertiary/aromatic N) is 1. The highest BCUT2D eigenvalue weighted by atomic mass is 32.2. The summed E-state index contributed by atoms with van der Waals surface area (Å²) in [6.07, 6.45) is 3.79. The molecule has 2 N–H and O–H groups in total. The van der Waals surface area contributed by atoms with Crippen molar-refractivity contribution in [1.82, 2.24) is 5.32 Å². The predicted molar refractivity (Wildman–Crippen MR) is 106 cm³/mol. The number of thioether (sulfide) groups is 1. The Balaban J connectivity index is 1.77. The second-order valence-electron chi connectivity index (χ2n) is 6.52. The van der Waals surface area contributed by atoms with Crippen molar-refractivity contribution in [3.63, 3.8) is 0 Å². The van der Waals surface area contributed by atoms with E-state index < -0.39 is 0 Å². The van der Waals surface area contributed by atoms with Crippen LogP contribution in [0.3, 0.4) is 0 Å². The number of anilines is 2. The fourth-order valence-electron chi connectivity index (χ4n) is 2.92. The van der Waals surface area contributed by atoms with Gasteiger partial charge in [-0.1, -0.05) is 13.0 Å².